The van der Waals surface area contributed by atoms with Crippen LogP contribution < -0.4 is 5.73 Å². The zero-order valence-electron chi connectivity index (χ0n) is 11.0. The summed E-state index contributed by atoms with van der Waals surface area (Å²) in [6.07, 6.45) is -0.872. The van der Waals surface area contributed by atoms with Crippen LogP contribution in [0.3, 0.4) is 0 Å². The Morgan fingerprint density at radius 2 is 1.83 bits per heavy atom. The first-order valence-corrected chi connectivity index (χ1v) is 7.16. The fourth-order valence-corrected chi connectivity index (χ4v) is 2.60. The lowest BCUT2D eigenvalue weighted by molar-refractivity contribution is -0.207. The molecule has 1 aliphatic rings. The van der Waals surface area contributed by atoms with Crippen LogP contribution in [0.5, 0.6) is 0 Å². The highest BCUT2D eigenvalue weighted by atomic mass is 32.2. The molecule has 0 aliphatic carbocycles. The second-order valence-electron chi connectivity index (χ2n) is 5.23. The Labute approximate surface area is 112 Å². The van der Waals surface area contributed by atoms with Gasteiger partial charge in [-0.1, -0.05) is 19.9 Å². The molecule has 0 bridgehead atoms. The van der Waals surface area contributed by atoms with Crippen LogP contribution in [0.4, 0.5) is 0 Å². The molecule has 5 N–H and O–H groups in total. The van der Waals surface area contributed by atoms with Gasteiger partial charge in [-0.25, -0.2) is 0 Å². The first-order chi connectivity index (χ1) is 8.26. The largest absolute Gasteiger partial charge is 0.388 e. The predicted octanol–water partition coefficient (Wildman–Crippen LogP) is -0.304. The second-order valence-corrected chi connectivity index (χ2v) is 6.16. The lowest BCUT2D eigenvalue weighted by Gasteiger charge is -2.45. The maximum Gasteiger partial charge on any atom is 0.132 e. The third-order valence-corrected chi connectivity index (χ3v) is 4.43. The van der Waals surface area contributed by atoms with Gasteiger partial charge in [-0.05, 0) is 6.26 Å². The van der Waals surface area contributed by atoms with Gasteiger partial charge in [-0.2, -0.15) is 0 Å². The smallest absolute Gasteiger partial charge is 0.132 e. The molecule has 0 spiro atoms. The fraction of sp³-hybridized carbons (Fsp3) is 0.833. The molecule has 1 fully saturated rings. The molecule has 6 heteroatoms. The molecule has 5 nitrogen and oxygen atoms in total. The van der Waals surface area contributed by atoms with Gasteiger partial charge in [-0.15, -0.1) is 18.3 Å². The Hall–Kier alpha value is -0.110. The van der Waals surface area contributed by atoms with Crippen molar-refractivity contribution in [2.75, 3.05) is 6.26 Å². The van der Waals surface area contributed by atoms with E-state index in [4.69, 9.17) is 10.5 Å². The van der Waals surface area contributed by atoms with Gasteiger partial charge in [0, 0.05) is 11.5 Å². The maximum atomic E-state index is 9.99. The molecular formula is C12H23NO4S. The molecule has 106 valence electrons. The molecule has 0 aromatic heterocycles. The lowest BCUT2D eigenvalue weighted by atomic mass is 9.78. The van der Waals surface area contributed by atoms with Crippen LogP contribution in [0.2, 0.25) is 0 Å². The highest BCUT2D eigenvalue weighted by Crippen LogP contribution is 2.33. The predicted molar refractivity (Wildman–Crippen MR) is 72.1 cm³/mol. The summed E-state index contributed by atoms with van der Waals surface area (Å²) in [7, 11) is 0. The highest BCUT2D eigenvalue weighted by Gasteiger charge is 2.48. The summed E-state index contributed by atoms with van der Waals surface area (Å²) in [5.41, 5.74) is 5.05. The van der Waals surface area contributed by atoms with Crippen molar-refractivity contribution in [3.8, 4) is 0 Å². The molecule has 0 aromatic carbocycles. The highest BCUT2D eigenvalue weighted by molar-refractivity contribution is 7.99. The Balaban J connectivity index is 2.91. The van der Waals surface area contributed by atoms with Gasteiger partial charge in [0.05, 0.1) is 0 Å². The number of thioether (sulfide) groups is 1. The summed E-state index contributed by atoms with van der Waals surface area (Å²) in [6.45, 7) is 7.47. The molecule has 18 heavy (non-hydrogen) atoms. The maximum absolute atomic E-state index is 9.99. The molecule has 0 saturated carbocycles. The molecule has 1 heterocycles. The molecule has 1 rings (SSSR count). The molecule has 0 radical (unpaired) electrons. The van der Waals surface area contributed by atoms with Crippen LogP contribution in [0.15, 0.2) is 12.7 Å². The van der Waals surface area contributed by atoms with E-state index in [-0.39, 0.29) is 0 Å². The van der Waals surface area contributed by atoms with Crippen molar-refractivity contribution in [2.45, 2.75) is 49.7 Å². The van der Waals surface area contributed by atoms with Crippen LogP contribution in [0, 0.1) is 5.41 Å². The topological polar surface area (TPSA) is 95.9 Å². The van der Waals surface area contributed by atoms with Crippen molar-refractivity contribution in [2.24, 2.45) is 11.1 Å². The van der Waals surface area contributed by atoms with Gasteiger partial charge in [0.15, 0.2) is 0 Å². The number of aliphatic hydroxyl groups is 3. The van der Waals surface area contributed by atoms with E-state index in [2.05, 4.69) is 6.58 Å². The summed E-state index contributed by atoms with van der Waals surface area (Å²) in [4.78, 5) is 0. The molecule has 0 aromatic rings. The summed E-state index contributed by atoms with van der Waals surface area (Å²) < 4.78 is 5.61. The van der Waals surface area contributed by atoms with Gasteiger partial charge in [0.1, 0.15) is 29.9 Å². The minimum Gasteiger partial charge on any atom is -0.388 e. The first kappa shape index (κ1) is 15.9. The number of aliphatic hydroxyl groups excluding tert-OH is 3. The molecule has 1 saturated heterocycles. The summed E-state index contributed by atoms with van der Waals surface area (Å²) in [5.74, 6) is 0. The van der Waals surface area contributed by atoms with Crippen molar-refractivity contribution in [3.05, 3.63) is 12.7 Å². The monoisotopic (exact) mass is 277 g/mol. The van der Waals surface area contributed by atoms with E-state index in [0.717, 1.165) is 0 Å². The fourth-order valence-electron chi connectivity index (χ4n) is 1.92. The van der Waals surface area contributed by atoms with Crippen molar-refractivity contribution in [1.29, 1.82) is 0 Å². The van der Waals surface area contributed by atoms with E-state index in [1.54, 1.807) is 12.3 Å². The van der Waals surface area contributed by atoms with Crippen molar-refractivity contribution in [3.63, 3.8) is 0 Å². The standard InChI is InChI=1S/C12H23NO4S/c1-5-12(2,3)10(13)9-7(15)6(14)8(16)11(17-9)18-4/h5-11,14-16H,1,13H2,2-4H3/t6-,7?,8-,9+,10+,11?/m1/s1. The molecule has 2 unspecified atom stereocenters. The summed E-state index contributed by atoms with van der Waals surface area (Å²) >= 11 is 1.27. The molecule has 6 atom stereocenters. The Morgan fingerprint density at radius 1 is 1.28 bits per heavy atom. The van der Waals surface area contributed by atoms with Crippen LogP contribution in [0.25, 0.3) is 0 Å². The number of ether oxygens (including phenoxy) is 1. The Morgan fingerprint density at radius 3 is 2.28 bits per heavy atom. The van der Waals surface area contributed by atoms with Gasteiger partial charge in [0.2, 0.25) is 0 Å². The molecule has 1 aliphatic heterocycles. The van der Waals surface area contributed by atoms with Gasteiger partial charge < -0.3 is 25.8 Å². The molecule has 0 amide bonds. The van der Waals surface area contributed by atoms with Gasteiger partial charge in [-0.3, -0.25) is 0 Å². The summed E-state index contributed by atoms with van der Waals surface area (Å²) in [6, 6.07) is -0.526. The Kier molecular flexibility index (Phi) is 5.22. The van der Waals surface area contributed by atoms with E-state index in [1.807, 2.05) is 13.8 Å². The van der Waals surface area contributed by atoms with Crippen LogP contribution in [0.1, 0.15) is 13.8 Å². The van der Waals surface area contributed by atoms with Crippen LogP contribution in [-0.2, 0) is 4.74 Å². The zero-order valence-corrected chi connectivity index (χ0v) is 11.8. The molecular weight excluding hydrogens is 254 g/mol. The van der Waals surface area contributed by atoms with Crippen molar-refractivity contribution in [1.82, 2.24) is 0 Å². The van der Waals surface area contributed by atoms with Gasteiger partial charge >= 0.3 is 0 Å². The SMILES string of the molecule is C=CC(C)(C)[C@@H](N)[C@H]1OC(SC)[C@H](O)[C@H](O)C1O. The zero-order chi connectivity index (χ0) is 14.1. The number of hydrogen-bond donors (Lipinski definition) is 4. The lowest BCUT2D eigenvalue weighted by Crippen LogP contribution is -2.63. The third kappa shape index (κ3) is 2.89. The third-order valence-electron chi connectivity index (χ3n) is 3.58. The van der Waals surface area contributed by atoms with Gasteiger partial charge in [0.25, 0.3) is 0 Å². The van der Waals surface area contributed by atoms with E-state index >= 15 is 0 Å². The average Bonchev–Trinajstić information content (AvgIpc) is 2.35. The normalized spacial score (nSPS) is 39.4. The van der Waals surface area contributed by atoms with Crippen molar-refractivity contribution < 1.29 is 20.1 Å². The number of hydrogen-bond acceptors (Lipinski definition) is 6. The van der Waals surface area contributed by atoms with Crippen LogP contribution in [-0.4, -0.2) is 57.5 Å². The first-order valence-electron chi connectivity index (χ1n) is 5.88. The Bertz CT molecular complexity index is 298. The van der Waals surface area contributed by atoms with E-state index in [1.165, 1.54) is 11.8 Å². The van der Waals surface area contributed by atoms with E-state index < -0.39 is 41.3 Å². The van der Waals surface area contributed by atoms with Crippen LogP contribution >= 0.6 is 11.8 Å². The van der Waals surface area contributed by atoms with Crippen molar-refractivity contribution >= 4 is 11.8 Å². The second kappa shape index (κ2) is 5.90. The van der Waals surface area contributed by atoms with E-state index in [0.29, 0.717) is 0 Å². The number of nitrogens with two attached hydrogens (primary N) is 1. The van der Waals surface area contributed by atoms with E-state index in [9.17, 15) is 15.3 Å². The number of rotatable bonds is 4. The average molecular weight is 277 g/mol. The summed E-state index contributed by atoms with van der Waals surface area (Å²) in [5, 5.41) is 29.6. The minimum absolute atomic E-state index is 0.448. The quantitative estimate of drug-likeness (QED) is 0.527. The minimum atomic E-state index is -1.26.